The molecule has 0 bridgehead atoms. The summed E-state index contributed by atoms with van der Waals surface area (Å²) < 4.78 is 0. The maximum atomic E-state index is 12.8. The van der Waals surface area contributed by atoms with Crippen LogP contribution in [0.2, 0.25) is 10.0 Å². The first-order chi connectivity index (χ1) is 11.5. The molecule has 1 heterocycles. The van der Waals surface area contributed by atoms with E-state index in [9.17, 15) is 4.79 Å². The Bertz CT molecular complexity index is 763. The van der Waals surface area contributed by atoms with Crippen molar-refractivity contribution in [3.63, 3.8) is 0 Å². The third-order valence-electron chi connectivity index (χ3n) is 4.46. The molecule has 0 spiro atoms. The Morgan fingerprint density at radius 3 is 2.58 bits per heavy atom. The van der Waals surface area contributed by atoms with Gasteiger partial charge in [-0.2, -0.15) is 0 Å². The van der Waals surface area contributed by atoms with Crippen molar-refractivity contribution in [2.75, 3.05) is 18.0 Å². The highest BCUT2D eigenvalue weighted by molar-refractivity contribution is 6.42. The third-order valence-corrected chi connectivity index (χ3v) is 5.20. The molecule has 1 aliphatic rings. The number of piperazine rings is 1. The van der Waals surface area contributed by atoms with Gasteiger partial charge in [0.2, 0.25) is 5.91 Å². The molecule has 24 heavy (non-hydrogen) atoms. The quantitative estimate of drug-likeness (QED) is 0.799. The lowest BCUT2D eigenvalue weighted by molar-refractivity contribution is -0.125. The van der Waals surface area contributed by atoms with Crippen molar-refractivity contribution in [3.05, 3.63) is 63.6 Å². The summed E-state index contributed by atoms with van der Waals surface area (Å²) in [6.45, 7) is 6.29. The number of hydrogen-bond acceptors (Lipinski definition) is 2. The van der Waals surface area contributed by atoms with Crippen LogP contribution < -0.4 is 4.90 Å². The number of carbonyl (C=O) groups excluding carboxylic acids is 1. The van der Waals surface area contributed by atoms with Crippen LogP contribution in [0.25, 0.3) is 0 Å². The number of benzene rings is 2. The molecule has 1 amide bonds. The summed E-state index contributed by atoms with van der Waals surface area (Å²) in [5.41, 5.74) is 3.27. The van der Waals surface area contributed by atoms with Crippen LogP contribution in [-0.2, 0) is 11.3 Å². The molecule has 0 radical (unpaired) electrons. The summed E-state index contributed by atoms with van der Waals surface area (Å²) in [5.74, 6) is 0.0901. The molecule has 0 aliphatic carbocycles. The van der Waals surface area contributed by atoms with Crippen molar-refractivity contribution in [1.29, 1.82) is 0 Å². The Balaban J connectivity index is 1.74. The van der Waals surface area contributed by atoms with Gasteiger partial charge in [-0.05, 0) is 37.6 Å². The van der Waals surface area contributed by atoms with Crippen molar-refractivity contribution in [3.8, 4) is 0 Å². The SMILES string of the molecule is Cc1cccc(CN2CCN(c3ccc(Cl)c(Cl)c3)C(=O)[C@H]2C)c1. The van der Waals surface area contributed by atoms with Crippen LogP contribution in [0.1, 0.15) is 18.1 Å². The van der Waals surface area contributed by atoms with E-state index in [1.54, 1.807) is 17.0 Å². The Labute approximate surface area is 152 Å². The van der Waals surface area contributed by atoms with Crippen molar-refractivity contribution in [1.82, 2.24) is 4.90 Å². The fraction of sp³-hybridized carbons (Fsp3) is 0.316. The Morgan fingerprint density at radius 2 is 1.88 bits per heavy atom. The van der Waals surface area contributed by atoms with Gasteiger partial charge in [-0.25, -0.2) is 0 Å². The van der Waals surface area contributed by atoms with Crippen LogP contribution in [0.3, 0.4) is 0 Å². The number of amides is 1. The van der Waals surface area contributed by atoms with Gasteiger partial charge in [-0.15, -0.1) is 0 Å². The first-order valence-electron chi connectivity index (χ1n) is 8.02. The zero-order chi connectivity index (χ0) is 17.3. The van der Waals surface area contributed by atoms with Gasteiger partial charge in [0.05, 0.1) is 16.1 Å². The van der Waals surface area contributed by atoms with Crippen LogP contribution >= 0.6 is 23.2 Å². The minimum absolute atomic E-state index is 0.0901. The maximum absolute atomic E-state index is 12.8. The molecule has 0 aromatic heterocycles. The van der Waals surface area contributed by atoms with E-state index in [-0.39, 0.29) is 11.9 Å². The number of hydrogen-bond donors (Lipinski definition) is 0. The number of nitrogens with zero attached hydrogens (tertiary/aromatic N) is 2. The molecule has 1 saturated heterocycles. The maximum Gasteiger partial charge on any atom is 0.244 e. The third kappa shape index (κ3) is 3.59. The number of aryl methyl sites for hydroxylation is 1. The Kier molecular flexibility index (Phi) is 5.14. The fourth-order valence-corrected chi connectivity index (χ4v) is 3.38. The highest BCUT2D eigenvalue weighted by Crippen LogP contribution is 2.29. The summed E-state index contributed by atoms with van der Waals surface area (Å²) in [7, 11) is 0. The number of carbonyl (C=O) groups is 1. The van der Waals surface area contributed by atoms with Gasteiger partial charge < -0.3 is 4.90 Å². The molecule has 0 N–H and O–H groups in total. The number of rotatable bonds is 3. The zero-order valence-corrected chi connectivity index (χ0v) is 15.3. The molecule has 3 rings (SSSR count). The van der Waals surface area contributed by atoms with Crippen LogP contribution in [-0.4, -0.2) is 29.9 Å². The fourth-order valence-electron chi connectivity index (χ4n) is 3.08. The summed E-state index contributed by atoms with van der Waals surface area (Å²) in [6.07, 6.45) is 0. The first kappa shape index (κ1) is 17.3. The smallest absolute Gasteiger partial charge is 0.244 e. The van der Waals surface area contributed by atoms with Gasteiger partial charge in [0.15, 0.2) is 0 Å². The highest BCUT2D eigenvalue weighted by Gasteiger charge is 2.32. The Hall–Kier alpha value is -1.55. The van der Waals surface area contributed by atoms with E-state index < -0.39 is 0 Å². The van der Waals surface area contributed by atoms with E-state index >= 15 is 0 Å². The van der Waals surface area contributed by atoms with Crippen LogP contribution in [0.4, 0.5) is 5.69 Å². The Morgan fingerprint density at radius 1 is 1.08 bits per heavy atom. The minimum Gasteiger partial charge on any atom is -0.310 e. The summed E-state index contributed by atoms with van der Waals surface area (Å²) in [4.78, 5) is 16.8. The van der Waals surface area contributed by atoms with Gasteiger partial charge in [0, 0.05) is 25.3 Å². The average Bonchev–Trinajstić information content (AvgIpc) is 2.55. The predicted octanol–water partition coefficient (Wildman–Crippen LogP) is 4.54. The molecule has 5 heteroatoms. The van der Waals surface area contributed by atoms with Crippen molar-refractivity contribution < 1.29 is 4.79 Å². The topological polar surface area (TPSA) is 23.6 Å². The molecule has 2 aromatic carbocycles. The van der Waals surface area contributed by atoms with Gasteiger partial charge >= 0.3 is 0 Å². The zero-order valence-electron chi connectivity index (χ0n) is 13.8. The van der Waals surface area contributed by atoms with Crippen LogP contribution in [0.5, 0.6) is 0 Å². The number of halogens is 2. The molecular weight excluding hydrogens is 343 g/mol. The van der Waals surface area contributed by atoms with Gasteiger partial charge in [-0.1, -0.05) is 53.0 Å². The lowest BCUT2D eigenvalue weighted by Crippen LogP contribution is -2.55. The molecule has 126 valence electrons. The molecule has 2 aromatic rings. The summed E-state index contributed by atoms with van der Waals surface area (Å²) >= 11 is 12.1. The average molecular weight is 363 g/mol. The van der Waals surface area contributed by atoms with Crippen molar-refractivity contribution in [2.24, 2.45) is 0 Å². The van der Waals surface area contributed by atoms with Crippen molar-refractivity contribution >= 4 is 34.8 Å². The normalized spacial score (nSPS) is 18.9. The first-order valence-corrected chi connectivity index (χ1v) is 8.77. The summed E-state index contributed by atoms with van der Waals surface area (Å²) in [6, 6.07) is 13.6. The molecule has 1 fully saturated rings. The van der Waals surface area contributed by atoms with Gasteiger partial charge in [0.25, 0.3) is 0 Å². The van der Waals surface area contributed by atoms with E-state index in [2.05, 4.69) is 36.1 Å². The monoisotopic (exact) mass is 362 g/mol. The summed E-state index contributed by atoms with van der Waals surface area (Å²) in [5, 5.41) is 0.968. The van der Waals surface area contributed by atoms with E-state index in [4.69, 9.17) is 23.2 Å². The van der Waals surface area contributed by atoms with E-state index in [0.29, 0.717) is 16.6 Å². The number of anilines is 1. The predicted molar refractivity (Wildman–Crippen MR) is 99.9 cm³/mol. The minimum atomic E-state index is -0.172. The molecule has 3 nitrogen and oxygen atoms in total. The largest absolute Gasteiger partial charge is 0.310 e. The molecule has 1 atom stereocenters. The lowest BCUT2D eigenvalue weighted by Gasteiger charge is -2.39. The van der Waals surface area contributed by atoms with Gasteiger partial charge in [0.1, 0.15) is 0 Å². The van der Waals surface area contributed by atoms with Crippen LogP contribution in [0, 0.1) is 6.92 Å². The molecule has 0 unspecified atom stereocenters. The standard InChI is InChI=1S/C19H20Cl2N2O/c1-13-4-3-5-15(10-13)12-22-8-9-23(19(24)14(22)2)16-6-7-17(20)18(21)11-16/h3-7,10-11,14H,8-9,12H2,1-2H3/t14-/m1/s1. The van der Waals surface area contributed by atoms with E-state index in [0.717, 1.165) is 18.8 Å². The second-order valence-corrected chi connectivity index (χ2v) is 7.04. The van der Waals surface area contributed by atoms with Gasteiger partial charge in [-0.3, -0.25) is 9.69 Å². The lowest BCUT2D eigenvalue weighted by atomic mass is 10.1. The highest BCUT2D eigenvalue weighted by atomic mass is 35.5. The molecular formula is C19H20Cl2N2O. The molecule has 1 aliphatic heterocycles. The molecule has 0 saturated carbocycles. The van der Waals surface area contributed by atoms with Crippen LogP contribution in [0.15, 0.2) is 42.5 Å². The van der Waals surface area contributed by atoms with Crippen molar-refractivity contribution in [2.45, 2.75) is 26.4 Å². The van der Waals surface area contributed by atoms with E-state index in [1.165, 1.54) is 11.1 Å². The second-order valence-electron chi connectivity index (χ2n) is 6.22. The van der Waals surface area contributed by atoms with E-state index in [1.807, 2.05) is 13.0 Å². The second kappa shape index (κ2) is 7.14.